The van der Waals surface area contributed by atoms with E-state index in [0.717, 1.165) is 13.1 Å². The molecule has 1 unspecified atom stereocenters. The highest BCUT2D eigenvalue weighted by Crippen LogP contribution is 2.41. The molecule has 3 rings (SSSR count). The first kappa shape index (κ1) is 15.9. The first-order valence-corrected chi connectivity index (χ1v) is 9.37. The molecule has 1 N–H and O–H groups in total. The molecule has 22 heavy (non-hydrogen) atoms. The van der Waals surface area contributed by atoms with Crippen molar-refractivity contribution in [1.82, 2.24) is 13.9 Å². The predicted octanol–water partition coefficient (Wildman–Crippen LogP) is 1.49. The minimum atomic E-state index is -3.36. The maximum absolute atomic E-state index is 12.3. The summed E-state index contributed by atoms with van der Waals surface area (Å²) in [6.07, 6.45) is 0. The van der Waals surface area contributed by atoms with Crippen molar-refractivity contribution in [2.45, 2.75) is 32.2 Å². The Bertz CT molecular complexity index is 657. The minimum absolute atomic E-state index is 0.107. The number of fused-ring (bicyclic) bond motifs is 3. The highest BCUT2D eigenvalue weighted by Gasteiger charge is 2.42. The molecule has 0 amide bonds. The molecule has 2 aliphatic rings. The van der Waals surface area contributed by atoms with Crippen LogP contribution in [0.25, 0.3) is 0 Å². The quantitative estimate of drug-likeness (QED) is 0.917. The number of rotatable bonds is 3. The molecule has 0 radical (unpaired) electrons. The van der Waals surface area contributed by atoms with Gasteiger partial charge in [-0.05, 0) is 11.1 Å². The summed E-state index contributed by atoms with van der Waals surface area (Å²) in [6.45, 7) is 9.63. The third kappa shape index (κ3) is 2.69. The first-order chi connectivity index (χ1) is 10.3. The van der Waals surface area contributed by atoms with Crippen molar-refractivity contribution in [3.05, 3.63) is 35.4 Å². The van der Waals surface area contributed by atoms with Crippen LogP contribution in [0.1, 0.15) is 37.9 Å². The van der Waals surface area contributed by atoms with Crippen molar-refractivity contribution >= 4 is 10.2 Å². The van der Waals surface area contributed by atoms with Crippen LogP contribution in [0.5, 0.6) is 0 Å². The van der Waals surface area contributed by atoms with Crippen LogP contribution in [0.4, 0.5) is 0 Å². The average molecular weight is 323 g/mol. The summed E-state index contributed by atoms with van der Waals surface area (Å²) in [5, 5.41) is 0. The van der Waals surface area contributed by atoms with Gasteiger partial charge >= 0.3 is 0 Å². The van der Waals surface area contributed by atoms with Crippen LogP contribution < -0.4 is 4.72 Å². The smallest absolute Gasteiger partial charge is 0.279 e. The molecule has 122 valence electrons. The second-order valence-corrected chi connectivity index (χ2v) is 8.57. The Labute approximate surface area is 133 Å². The molecule has 0 aliphatic carbocycles. The lowest BCUT2D eigenvalue weighted by Gasteiger charge is -2.49. The zero-order chi connectivity index (χ0) is 16.0. The van der Waals surface area contributed by atoms with Gasteiger partial charge in [-0.2, -0.15) is 12.7 Å². The molecule has 1 aromatic carbocycles. The van der Waals surface area contributed by atoms with Crippen LogP contribution in [-0.4, -0.2) is 50.3 Å². The fraction of sp³-hybridized carbons (Fsp3) is 0.625. The van der Waals surface area contributed by atoms with E-state index in [1.807, 2.05) is 6.92 Å². The number of nitrogens with zero attached hydrogens (tertiary/aromatic N) is 2. The van der Waals surface area contributed by atoms with Gasteiger partial charge in [-0.1, -0.05) is 45.0 Å². The molecule has 5 nitrogen and oxygen atoms in total. The van der Waals surface area contributed by atoms with Crippen LogP contribution in [-0.2, 0) is 15.6 Å². The SMILES string of the molecule is CCNS(=O)(=O)N1CCN2CC(C)(C)c3ccccc3C2C1. The van der Waals surface area contributed by atoms with E-state index in [1.165, 1.54) is 11.1 Å². The van der Waals surface area contributed by atoms with Gasteiger partial charge in [-0.15, -0.1) is 0 Å². The molecular formula is C16H25N3O2S. The summed E-state index contributed by atoms with van der Waals surface area (Å²) in [4.78, 5) is 2.43. The molecule has 1 saturated heterocycles. The predicted molar refractivity (Wildman–Crippen MR) is 88.0 cm³/mol. The van der Waals surface area contributed by atoms with Gasteiger partial charge in [0.25, 0.3) is 10.2 Å². The van der Waals surface area contributed by atoms with Crippen LogP contribution in [0.2, 0.25) is 0 Å². The summed E-state index contributed by atoms with van der Waals surface area (Å²) in [5.74, 6) is 0. The Morgan fingerprint density at radius 2 is 2.00 bits per heavy atom. The van der Waals surface area contributed by atoms with E-state index in [4.69, 9.17) is 0 Å². The lowest BCUT2D eigenvalue weighted by Crippen LogP contribution is -2.57. The molecule has 0 spiro atoms. The van der Waals surface area contributed by atoms with Gasteiger partial charge in [0.2, 0.25) is 0 Å². The second-order valence-electron chi connectivity index (χ2n) is 6.82. The summed E-state index contributed by atoms with van der Waals surface area (Å²) < 4.78 is 28.8. The van der Waals surface area contributed by atoms with E-state index < -0.39 is 10.2 Å². The van der Waals surface area contributed by atoms with E-state index >= 15 is 0 Å². The van der Waals surface area contributed by atoms with Gasteiger partial charge in [0, 0.05) is 44.2 Å². The van der Waals surface area contributed by atoms with E-state index in [-0.39, 0.29) is 11.5 Å². The van der Waals surface area contributed by atoms with Crippen LogP contribution in [0.15, 0.2) is 24.3 Å². The van der Waals surface area contributed by atoms with Crippen LogP contribution in [0.3, 0.4) is 0 Å². The fourth-order valence-electron chi connectivity index (χ4n) is 3.77. The van der Waals surface area contributed by atoms with Gasteiger partial charge in [-0.3, -0.25) is 4.90 Å². The lowest BCUT2D eigenvalue weighted by atomic mass is 9.75. The number of piperazine rings is 1. The molecule has 0 aromatic heterocycles. The highest BCUT2D eigenvalue weighted by atomic mass is 32.2. The van der Waals surface area contributed by atoms with Gasteiger partial charge < -0.3 is 0 Å². The topological polar surface area (TPSA) is 52.7 Å². The van der Waals surface area contributed by atoms with Crippen molar-refractivity contribution in [1.29, 1.82) is 0 Å². The molecule has 6 heteroatoms. The van der Waals surface area contributed by atoms with Gasteiger partial charge in [-0.25, -0.2) is 4.72 Å². The zero-order valence-corrected chi connectivity index (χ0v) is 14.4. The fourth-order valence-corrected chi connectivity index (χ4v) is 4.98. The third-order valence-electron chi connectivity index (χ3n) is 4.77. The molecule has 0 saturated carbocycles. The summed E-state index contributed by atoms with van der Waals surface area (Å²) in [5.41, 5.74) is 2.73. The standard InChI is InChI=1S/C16H25N3O2S/c1-4-17-22(20,21)19-10-9-18-12-16(2,3)14-8-6-5-7-13(14)15(18)11-19/h5-8,15,17H,4,9-12H2,1-3H3. The monoisotopic (exact) mass is 323 g/mol. The van der Waals surface area contributed by atoms with E-state index in [1.54, 1.807) is 4.31 Å². The average Bonchev–Trinajstić information content (AvgIpc) is 2.46. The molecule has 1 fully saturated rings. The molecule has 2 heterocycles. The minimum Gasteiger partial charge on any atom is -0.293 e. The Hall–Kier alpha value is -0.950. The van der Waals surface area contributed by atoms with Crippen LogP contribution >= 0.6 is 0 Å². The van der Waals surface area contributed by atoms with Crippen molar-refractivity contribution in [3.63, 3.8) is 0 Å². The summed E-state index contributed by atoms with van der Waals surface area (Å²) >= 11 is 0. The van der Waals surface area contributed by atoms with Gasteiger partial charge in [0.15, 0.2) is 0 Å². The summed E-state index contributed by atoms with van der Waals surface area (Å²) in [7, 11) is -3.36. The van der Waals surface area contributed by atoms with Gasteiger partial charge in [0.05, 0.1) is 0 Å². The largest absolute Gasteiger partial charge is 0.293 e. The highest BCUT2D eigenvalue weighted by molar-refractivity contribution is 7.87. The van der Waals surface area contributed by atoms with Crippen molar-refractivity contribution in [2.75, 3.05) is 32.7 Å². The lowest BCUT2D eigenvalue weighted by molar-refractivity contribution is 0.0803. The molecule has 2 aliphatic heterocycles. The van der Waals surface area contributed by atoms with Gasteiger partial charge in [0.1, 0.15) is 0 Å². The van der Waals surface area contributed by atoms with E-state index in [0.29, 0.717) is 19.6 Å². The van der Waals surface area contributed by atoms with Crippen molar-refractivity contribution < 1.29 is 8.42 Å². The molecular weight excluding hydrogens is 298 g/mol. The summed E-state index contributed by atoms with van der Waals surface area (Å²) in [6, 6.07) is 8.62. The number of hydrogen-bond donors (Lipinski definition) is 1. The molecule has 1 atom stereocenters. The van der Waals surface area contributed by atoms with Crippen molar-refractivity contribution in [2.24, 2.45) is 0 Å². The third-order valence-corrected chi connectivity index (χ3v) is 6.43. The Balaban J connectivity index is 1.93. The van der Waals surface area contributed by atoms with Crippen molar-refractivity contribution in [3.8, 4) is 0 Å². The van der Waals surface area contributed by atoms with E-state index in [9.17, 15) is 8.42 Å². The number of nitrogens with one attached hydrogen (secondary N) is 1. The van der Waals surface area contributed by atoms with Crippen LogP contribution in [0, 0.1) is 0 Å². The zero-order valence-electron chi connectivity index (χ0n) is 13.5. The molecule has 1 aromatic rings. The van der Waals surface area contributed by atoms with E-state index in [2.05, 4.69) is 47.7 Å². The molecule has 0 bridgehead atoms. The Morgan fingerprint density at radius 1 is 1.27 bits per heavy atom. The normalized spacial score (nSPS) is 25.5. The first-order valence-electron chi connectivity index (χ1n) is 7.93. The number of benzene rings is 1. The Morgan fingerprint density at radius 3 is 2.73 bits per heavy atom. The maximum Gasteiger partial charge on any atom is 0.279 e. The number of hydrogen-bond acceptors (Lipinski definition) is 3. The Kier molecular flexibility index (Phi) is 4.05. The second kappa shape index (κ2) is 5.60. The maximum atomic E-state index is 12.3.